The Hall–Kier alpha value is -3.95. The lowest BCUT2D eigenvalue weighted by atomic mass is 9.94. The number of nitrogens with zero attached hydrogens (tertiary/aromatic N) is 3. The van der Waals surface area contributed by atoms with E-state index in [1.807, 2.05) is 0 Å². The van der Waals surface area contributed by atoms with Gasteiger partial charge in [0.2, 0.25) is 11.5 Å². The lowest BCUT2D eigenvalue weighted by Gasteiger charge is -2.13. The molecule has 0 radical (unpaired) electrons. The molecule has 1 aliphatic carbocycles. The maximum Gasteiger partial charge on any atom is 0.363 e. The van der Waals surface area contributed by atoms with Crippen LogP contribution in [0.2, 0.25) is 0 Å². The number of hydrogen-bond acceptors (Lipinski definition) is 8. The zero-order valence-electron chi connectivity index (χ0n) is 12.2. The van der Waals surface area contributed by atoms with Crippen LogP contribution < -0.4 is 0 Å². The van der Waals surface area contributed by atoms with Gasteiger partial charge in [0.15, 0.2) is 0 Å². The second kappa shape index (κ2) is 5.60. The lowest BCUT2D eigenvalue weighted by molar-refractivity contribution is -0.418. The highest BCUT2D eigenvalue weighted by Gasteiger charge is 2.42. The first-order valence-electron chi connectivity index (χ1n) is 6.74. The standard InChI is InChI=1S/C15H7N3O7/c19-13-8-5-6-9(7-3-1-2-4-10(7)17(22)23)16-11(8)14(20)12(15(13)21)18(24)25/h1-6,20H. The quantitative estimate of drug-likeness (QED) is 0.504. The van der Waals surface area contributed by atoms with Crippen molar-refractivity contribution in [1.29, 1.82) is 0 Å². The molecule has 0 saturated heterocycles. The molecule has 0 atom stereocenters. The molecule has 1 aromatic heterocycles. The van der Waals surface area contributed by atoms with Crippen molar-refractivity contribution in [2.75, 3.05) is 0 Å². The minimum absolute atomic E-state index is 0.0162. The Bertz CT molecular complexity index is 1010. The molecule has 124 valence electrons. The van der Waals surface area contributed by atoms with Crippen LogP contribution in [-0.2, 0) is 4.79 Å². The minimum atomic E-state index is -1.45. The molecule has 0 saturated carbocycles. The Morgan fingerprint density at radius 2 is 1.56 bits per heavy atom. The van der Waals surface area contributed by atoms with Gasteiger partial charge in [-0.15, -0.1) is 0 Å². The topological polar surface area (TPSA) is 154 Å². The van der Waals surface area contributed by atoms with Crippen LogP contribution in [0.3, 0.4) is 0 Å². The van der Waals surface area contributed by atoms with Gasteiger partial charge in [-0.1, -0.05) is 12.1 Å². The number of ketones is 2. The first-order chi connectivity index (χ1) is 11.8. The second-order valence-corrected chi connectivity index (χ2v) is 4.98. The summed E-state index contributed by atoms with van der Waals surface area (Å²) in [6, 6.07) is 8.01. The Morgan fingerprint density at radius 3 is 2.20 bits per heavy atom. The number of fused-ring (bicyclic) bond motifs is 1. The molecule has 1 heterocycles. The molecule has 25 heavy (non-hydrogen) atoms. The summed E-state index contributed by atoms with van der Waals surface area (Å²) in [4.78, 5) is 47.8. The number of nitro benzene ring substituents is 1. The van der Waals surface area contributed by atoms with Crippen LogP contribution in [0.5, 0.6) is 0 Å². The summed E-state index contributed by atoms with van der Waals surface area (Å²) in [6.45, 7) is 0. The van der Waals surface area contributed by atoms with Crippen molar-refractivity contribution in [1.82, 2.24) is 4.98 Å². The van der Waals surface area contributed by atoms with Crippen molar-refractivity contribution >= 4 is 23.0 Å². The number of aromatic nitrogens is 1. The summed E-state index contributed by atoms with van der Waals surface area (Å²) in [5, 5.41) is 32.0. The molecule has 0 amide bonds. The lowest BCUT2D eigenvalue weighted by Crippen LogP contribution is -2.28. The van der Waals surface area contributed by atoms with Crippen molar-refractivity contribution in [2.24, 2.45) is 0 Å². The van der Waals surface area contributed by atoms with E-state index < -0.39 is 38.6 Å². The monoisotopic (exact) mass is 341 g/mol. The van der Waals surface area contributed by atoms with E-state index in [0.29, 0.717) is 0 Å². The predicted molar refractivity (Wildman–Crippen MR) is 82.2 cm³/mol. The summed E-state index contributed by atoms with van der Waals surface area (Å²) in [5.74, 6) is -3.68. The average Bonchev–Trinajstić information content (AvgIpc) is 2.59. The Labute approximate surface area is 138 Å². The highest BCUT2D eigenvalue weighted by atomic mass is 16.6. The molecule has 0 aliphatic heterocycles. The number of benzene rings is 1. The zero-order chi connectivity index (χ0) is 18.3. The van der Waals surface area contributed by atoms with Gasteiger partial charge in [0.05, 0.1) is 26.7 Å². The van der Waals surface area contributed by atoms with Crippen LogP contribution in [0.4, 0.5) is 5.69 Å². The van der Waals surface area contributed by atoms with Crippen molar-refractivity contribution < 1.29 is 24.5 Å². The van der Waals surface area contributed by atoms with Gasteiger partial charge in [0.25, 0.3) is 5.69 Å². The fourth-order valence-corrected chi connectivity index (χ4v) is 2.44. The number of hydrogen-bond donors (Lipinski definition) is 1. The van der Waals surface area contributed by atoms with E-state index in [1.54, 1.807) is 0 Å². The third-order valence-corrected chi connectivity index (χ3v) is 3.57. The van der Waals surface area contributed by atoms with Gasteiger partial charge in [-0.3, -0.25) is 29.8 Å². The van der Waals surface area contributed by atoms with Gasteiger partial charge in [0, 0.05) is 6.07 Å². The summed E-state index contributed by atoms with van der Waals surface area (Å²) in [5.41, 5.74) is -2.21. The van der Waals surface area contributed by atoms with Gasteiger partial charge >= 0.3 is 11.5 Å². The molecule has 0 unspecified atom stereocenters. The maximum atomic E-state index is 12.0. The molecular weight excluding hydrogens is 334 g/mol. The fraction of sp³-hybridized carbons (Fsp3) is 0. The number of rotatable bonds is 3. The number of nitro groups is 2. The Kier molecular flexibility index (Phi) is 3.57. The third kappa shape index (κ3) is 2.41. The van der Waals surface area contributed by atoms with E-state index in [-0.39, 0.29) is 22.5 Å². The highest BCUT2D eigenvalue weighted by Crippen LogP contribution is 2.32. The number of para-hydroxylation sites is 1. The number of aliphatic hydroxyl groups excluding tert-OH is 1. The summed E-state index contributed by atoms with van der Waals surface area (Å²) >= 11 is 0. The van der Waals surface area contributed by atoms with E-state index in [9.17, 15) is 34.9 Å². The molecule has 10 heteroatoms. The first-order valence-corrected chi connectivity index (χ1v) is 6.74. The number of pyridine rings is 1. The largest absolute Gasteiger partial charge is 0.500 e. The minimum Gasteiger partial charge on any atom is -0.500 e. The Balaban J connectivity index is 2.27. The normalized spacial score (nSPS) is 13.6. The summed E-state index contributed by atoms with van der Waals surface area (Å²) < 4.78 is 0. The van der Waals surface area contributed by atoms with E-state index in [2.05, 4.69) is 4.98 Å². The summed E-state index contributed by atoms with van der Waals surface area (Å²) in [6.07, 6.45) is 0. The third-order valence-electron chi connectivity index (χ3n) is 3.57. The maximum absolute atomic E-state index is 12.0. The first kappa shape index (κ1) is 15.9. The number of carbonyl (C=O) groups is 2. The SMILES string of the molecule is O=C1C(=O)c2ccc(-c3ccccc3[N+](=O)[O-])nc2C(O)=C1[N+](=O)[O-]. The molecule has 1 aromatic carbocycles. The molecule has 3 rings (SSSR count). The van der Waals surface area contributed by atoms with Gasteiger partial charge in [0.1, 0.15) is 5.69 Å². The highest BCUT2D eigenvalue weighted by molar-refractivity contribution is 6.51. The van der Waals surface area contributed by atoms with Gasteiger partial charge < -0.3 is 5.11 Å². The van der Waals surface area contributed by atoms with Crippen LogP contribution in [0.15, 0.2) is 42.1 Å². The van der Waals surface area contributed by atoms with Crippen LogP contribution >= 0.6 is 0 Å². The molecule has 1 N–H and O–H groups in total. The van der Waals surface area contributed by atoms with Crippen LogP contribution in [0, 0.1) is 20.2 Å². The Morgan fingerprint density at radius 1 is 0.880 bits per heavy atom. The molecule has 0 spiro atoms. The van der Waals surface area contributed by atoms with Gasteiger partial charge in [-0.25, -0.2) is 4.98 Å². The fourth-order valence-electron chi connectivity index (χ4n) is 2.44. The molecule has 1 aliphatic rings. The second-order valence-electron chi connectivity index (χ2n) is 4.98. The van der Waals surface area contributed by atoms with E-state index in [1.165, 1.54) is 30.3 Å². The van der Waals surface area contributed by atoms with Crippen molar-refractivity contribution in [2.45, 2.75) is 0 Å². The number of carbonyl (C=O) groups excluding carboxylic acids is 2. The molecule has 0 fully saturated rings. The number of allylic oxidation sites excluding steroid dienone is 1. The smallest absolute Gasteiger partial charge is 0.363 e. The van der Waals surface area contributed by atoms with E-state index >= 15 is 0 Å². The van der Waals surface area contributed by atoms with Crippen LogP contribution in [0.1, 0.15) is 16.1 Å². The molecular formula is C15H7N3O7. The van der Waals surface area contributed by atoms with Crippen molar-refractivity contribution in [3.8, 4) is 11.3 Å². The molecule has 2 aromatic rings. The van der Waals surface area contributed by atoms with E-state index in [4.69, 9.17) is 0 Å². The predicted octanol–water partition coefficient (Wildman–Crippen LogP) is 1.93. The summed E-state index contributed by atoms with van der Waals surface area (Å²) in [7, 11) is 0. The van der Waals surface area contributed by atoms with E-state index in [0.717, 1.165) is 6.07 Å². The van der Waals surface area contributed by atoms with Crippen LogP contribution in [0.25, 0.3) is 17.0 Å². The molecule has 10 nitrogen and oxygen atoms in total. The van der Waals surface area contributed by atoms with Gasteiger partial charge in [-0.2, -0.15) is 0 Å². The zero-order valence-corrected chi connectivity index (χ0v) is 12.2. The molecule has 0 bridgehead atoms. The van der Waals surface area contributed by atoms with Gasteiger partial charge in [-0.05, 0) is 18.2 Å². The average molecular weight is 341 g/mol. The number of Topliss-reactive ketones (excluding diaryl/α,β-unsaturated/α-hetero) is 2. The number of aliphatic hydroxyl groups is 1. The van der Waals surface area contributed by atoms with Crippen molar-refractivity contribution in [3.63, 3.8) is 0 Å². The van der Waals surface area contributed by atoms with Crippen LogP contribution in [-0.4, -0.2) is 31.5 Å². The van der Waals surface area contributed by atoms with Crippen molar-refractivity contribution in [3.05, 3.63) is 73.6 Å².